The van der Waals surface area contributed by atoms with Crippen LogP contribution in [0.1, 0.15) is 70.5 Å². The second-order valence-corrected chi connectivity index (χ2v) is 6.83. The van der Waals surface area contributed by atoms with Gasteiger partial charge in [0, 0.05) is 19.3 Å². The van der Waals surface area contributed by atoms with Gasteiger partial charge in [0.1, 0.15) is 5.54 Å². The molecule has 0 radical (unpaired) electrons. The Morgan fingerprint density at radius 1 is 1.33 bits per heavy atom. The molecule has 1 aliphatic carbocycles. The fraction of sp³-hybridized carbons (Fsp3) is 0.765. The lowest BCUT2D eigenvalue weighted by Gasteiger charge is -2.36. The number of nitrogens with zero attached hydrogens (tertiary/aromatic N) is 2. The summed E-state index contributed by atoms with van der Waals surface area (Å²) in [7, 11) is 0. The zero-order valence-electron chi connectivity index (χ0n) is 14.5. The number of hydrogen-bond donors (Lipinski definition) is 2. The third-order valence-electron chi connectivity index (χ3n) is 4.69. The first-order valence-electron chi connectivity index (χ1n) is 8.81. The molecule has 1 aliphatic rings. The first-order chi connectivity index (χ1) is 11.4. The largest absolute Gasteiger partial charge is 0.480 e. The summed E-state index contributed by atoms with van der Waals surface area (Å²) in [5, 5.41) is 16.2. The molecule has 0 unspecified atom stereocenters. The highest BCUT2D eigenvalue weighted by Crippen LogP contribution is 2.32. The molecule has 1 aromatic rings. The Hall–Kier alpha value is -1.92. The van der Waals surface area contributed by atoms with Gasteiger partial charge < -0.3 is 14.9 Å². The maximum absolute atomic E-state index is 12.2. The molecule has 1 fully saturated rings. The lowest BCUT2D eigenvalue weighted by Crippen LogP contribution is -2.56. The van der Waals surface area contributed by atoms with Crippen molar-refractivity contribution in [1.29, 1.82) is 0 Å². The molecule has 7 heteroatoms. The van der Waals surface area contributed by atoms with Gasteiger partial charge in [0.15, 0.2) is 5.82 Å². The normalized spacial score (nSPS) is 23.8. The topological polar surface area (TPSA) is 105 Å². The molecular formula is C17H27N3O4. The summed E-state index contributed by atoms with van der Waals surface area (Å²) in [6.45, 7) is 4.16. The number of carboxylic acids is 1. The summed E-state index contributed by atoms with van der Waals surface area (Å²) in [5.41, 5.74) is -1.09. The van der Waals surface area contributed by atoms with Crippen molar-refractivity contribution in [2.75, 3.05) is 0 Å². The minimum atomic E-state index is -1.09. The molecule has 1 saturated carbocycles. The Labute approximate surface area is 142 Å². The quantitative estimate of drug-likeness (QED) is 0.755. The van der Waals surface area contributed by atoms with Gasteiger partial charge in [-0.1, -0.05) is 19.0 Å². The summed E-state index contributed by atoms with van der Waals surface area (Å²) in [6.07, 6.45) is 5.74. The van der Waals surface area contributed by atoms with Crippen LogP contribution in [0.15, 0.2) is 4.52 Å². The van der Waals surface area contributed by atoms with Gasteiger partial charge in [-0.3, -0.25) is 4.79 Å². The lowest BCUT2D eigenvalue weighted by atomic mass is 9.77. The van der Waals surface area contributed by atoms with Gasteiger partial charge in [-0.25, -0.2) is 4.79 Å². The van der Waals surface area contributed by atoms with Crippen LogP contribution in [0.5, 0.6) is 0 Å². The fourth-order valence-corrected chi connectivity index (χ4v) is 3.09. The van der Waals surface area contributed by atoms with Crippen LogP contribution < -0.4 is 5.32 Å². The maximum atomic E-state index is 12.2. The van der Waals surface area contributed by atoms with E-state index in [9.17, 15) is 14.7 Å². The van der Waals surface area contributed by atoms with E-state index in [0.29, 0.717) is 43.3 Å². The summed E-state index contributed by atoms with van der Waals surface area (Å²) in [4.78, 5) is 28.0. The van der Waals surface area contributed by atoms with Crippen molar-refractivity contribution in [3.05, 3.63) is 11.7 Å². The Morgan fingerprint density at radius 2 is 2.04 bits per heavy atom. The highest BCUT2D eigenvalue weighted by Gasteiger charge is 2.42. The fourth-order valence-electron chi connectivity index (χ4n) is 3.09. The molecule has 0 spiro atoms. The molecule has 1 aromatic heterocycles. The van der Waals surface area contributed by atoms with Crippen molar-refractivity contribution in [3.63, 3.8) is 0 Å². The third kappa shape index (κ3) is 4.79. The Morgan fingerprint density at radius 3 is 2.67 bits per heavy atom. The standard InChI is InChI=1S/C17H27N3O4/c1-3-5-13-18-15(24-20-13)7-4-6-14(21)19-17(16(22)23)10-8-12(2)9-11-17/h12H,3-11H2,1-2H3,(H,19,21)(H,22,23). The first kappa shape index (κ1) is 18.4. The second-order valence-electron chi connectivity index (χ2n) is 6.83. The van der Waals surface area contributed by atoms with Crippen LogP contribution in [0.3, 0.4) is 0 Å². The average Bonchev–Trinajstić information content (AvgIpc) is 2.97. The minimum absolute atomic E-state index is 0.222. The number of nitrogens with one attached hydrogen (secondary N) is 1. The van der Waals surface area contributed by atoms with Crippen molar-refractivity contribution in [1.82, 2.24) is 15.5 Å². The van der Waals surface area contributed by atoms with Crippen LogP contribution >= 0.6 is 0 Å². The van der Waals surface area contributed by atoms with E-state index in [1.807, 2.05) is 6.92 Å². The van der Waals surface area contributed by atoms with Crippen molar-refractivity contribution in [2.24, 2.45) is 5.92 Å². The molecule has 1 heterocycles. The summed E-state index contributed by atoms with van der Waals surface area (Å²) >= 11 is 0. The number of carbonyl (C=O) groups is 2. The van der Waals surface area contributed by atoms with E-state index in [4.69, 9.17) is 4.52 Å². The van der Waals surface area contributed by atoms with Crippen LogP contribution in [0.25, 0.3) is 0 Å². The Kier molecular flexibility index (Phi) is 6.34. The van der Waals surface area contributed by atoms with E-state index in [1.165, 1.54) is 0 Å². The van der Waals surface area contributed by atoms with E-state index >= 15 is 0 Å². The van der Waals surface area contributed by atoms with Crippen LogP contribution in [0.2, 0.25) is 0 Å². The molecule has 134 valence electrons. The highest BCUT2D eigenvalue weighted by molar-refractivity contribution is 5.87. The second kappa shape index (κ2) is 8.26. The number of amides is 1. The zero-order chi connectivity index (χ0) is 17.6. The van der Waals surface area contributed by atoms with Gasteiger partial charge in [-0.15, -0.1) is 0 Å². The van der Waals surface area contributed by atoms with Crippen molar-refractivity contribution in [2.45, 2.75) is 77.2 Å². The van der Waals surface area contributed by atoms with E-state index < -0.39 is 11.5 Å². The average molecular weight is 337 g/mol. The van der Waals surface area contributed by atoms with Crippen LogP contribution in [-0.4, -0.2) is 32.7 Å². The van der Waals surface area contributed by atoms with E-state index in [1.54, 1.807) is 0 Å². The summed E-state index contributed by atoms with van der Waals surface area (Å²) in [5.74, 6) is 0.595. The monoisotopic (exact) mass is 337 g/mol. The van der Waals surface area contributed by atoms with Gasteiger partial charge in [0.2, 0.25) is 11.8 Å². The molecule has 2 N–H and O–H groups in total. The molecular weight excluding hydrogens is 310 g/mol. The van der Waals surface area contributed by atoms with E-state index in [0.717, 1.165) is 25.7 Å². The third-order valence-corrected chi connectivity index (χ3v) is 4.69. The molecule has 0 atom stereocenters. The number of carboxylic acid groups (broad SMARTS) is 1. The molecule has 0 aromatic carbocycles. The predicted molar refractivity (Wildman–Crippen MR) is 87.4 cm³/mol. The number of hydrogen-bond acceptors (Lipinski definition) is 5. The molecule has 0 saturated heterocycles. The van der Waals surface area contributed by atoms with Crippen molar-refractivity contribution >= 4 is 11.9 Å². The lowest BCUT2D eigenvalue weighted by molar-refractivity contribution is -0.149. The number of carbonyl (C=O) groups excluding carboxylic acids is 1. The SMILES string of the molecule is CCCc1noc(CCCC(=O)NC2(C(=O)O)CCC(C)CC2)n1. The highest BCUT2D eigenvalue weighted by atomic mass is 16.5. The first-order valence-corrected chi connectivity index (χ1v) is 8.81. The van der Waals surface area contributed by atoms with E-state index in [2.05, 4.69) is 22.4 Å². The number of aliphatic carboxylic acids is 1. The summed E-state index contributed by atoms with van der Waals surface area (Å²) in [6, 6.07) is 0. The smallest absolute Gasteiger partial charge is 0.329 e. The van der Waals surface area contributed by atoms with Crippen molar-refractivity contribution < 1.29 is 19.2 Å². The van der Waals surface area contributed by atoms with Gasteiger partial charge in [0.25, 0.3) is 0 Å². The number of aryl methyl sites for hydroxylation is 2. The Bertz CT molecular complexity index is 562. The molecule has 24 heavy (non-hydrogen) atoms. The Balaban J connectivity index is 1.79. The van der Waals surface area contributed by atoms with Gasteiger partial charge in [-0.2, -0.15) is 4.98 Å². The van der Waals surface area contributed by atoms with Gasteiger partial charge in [-0.05, 0) is 44.4 Å². The predicted octanol–water partition coefficient (Wildman–Crippen LogP) is 2.49. The van der Waals surface area contributed by atoms with Gasteiger partial charge >= 0.3 is 5.97 Å². The molecule has 0 aliphatic heterocycles. The van der Waals surface area contributed by atoms with Crippen LogP contribution in [0.4, 0.5) is 0 Å². The molecule has 1 amide bonds. The molecule has 7 nitrogen and oxygen atoms in total. The van der Waals surface area contributed by atoms with E-state index in [-0.39, 0.29) is 12.3 Å². The van der Waals surface area contributed by atoms with Crippen LogP contribution in [0, 0.1) is 5.92 Å². The number of rotatable bonds is 8. The molecule has 0 bridgehead atoms. The summed E-state index contributed by atoms with van der Waals surface area (Å²) < 4.78 is 5.13. The van der Waals surface area contributed by atoms with Crippen molar-refractivity contribution in [3.8, 4) is 0 Å². The molecule has 2 rings (SSSR count). The maximum Gasteiger partial charge on any atom is 0.329 e. The van der Waals surface area contributed by atoms with Crippen LogP contribution in [-0.2, 0) is 22.4 Å². The number of aromatic nitrogens is 2. The zero-order valence-corrected chi connectivity index (χ0v) is 14.5. The van der Waals surface area contributed by atoms with Gasteiger partial charge in [0.05, 0.1) is 0 Å². The minimum Gasteiger partial charge on any atom is -0.480 e.